The Morgan fingerprint density at radius 2 is 1.97 bits per heavy atom. The van der Waals surface area contributed by atoms with Crippen LogP contribution in [0.1, 0.15) is 52.1 Å². The monoisotopic (exact) mass is 458 g/mol. The van der Waals surface area contributed by atoms with Crippen molar-refractivity contribution >= 4 is 16.9 Å². The van der Waals surface area contributed by atoms with Gasteiger partial charge in [-0.15, -0.1) is 0 Å². The normalized spacial score (nSPS) is 14.5. The number of amides is 1. The summed E-state index contributed by atoms with van der Waals surface area (Å²) >= 11 is 0. The first-order valence-electron chi connectivity index (χ1n) is 11.4. The number of benzene rings is 1. The van der Waals surface area contributed by atoms with E-state index in [2.05, 4.69) is 15.4 Å². The molecular weight excluding hydrogens is 431 g/mol. The molecule has 7 nitrogen and oxygen atoms in total. The topological polar surface area (TPSA) is 75.9 Å². The largest absolute Gasteiger partial charge is 0.350 e. The van der Waals surface area contributed by atoms with Crippen molar-refractivity contribution in [2.75, 3.05) is 20.6 Å². The number of aryl methyl sites for hydroxylation is 1. The van der Waals surface area contributed by atoms with Crippen molar-refractivity contribution < 1.29 is 9.18 Å². The van der Waals surface area contributed by atoms with Crippen molar-refractivity contribution in [3.8, 4) is 5.82 Å². The summed E-state index contributed by atoms with van der Waals surface area (Å²) in [7, 11) is 3.88. The van der Waals surface area contributed by atoms with Crippen molar-refractivity contribution in [2.24, 2.45) is 0 Å². The molecular formula is C26H27FN6O. The van der Waals surface area contributed by atoms with Crippen LogP contribution < -0.4 is 5.32 Å². The van der Waals surface area contributed by atoms with E-state index in [4.69, 9.17) is 4.98 Å². The smallest absolute Gasteiger partial charge is 0.252 e. The summed E-state index contributed by atoms with van der Waals surface area (Å²) in [6.07, 6.45) is 3.86. The Bertz CT molecular complexity index is 1330. The highest BCUT2D eigenvalue weighted by molar-refractivity contribution is 6.06. The van der Waals surface area contributed by atoms with Crippen LogP contribution in [0.5, 0.6) is 0 Å². The minimum atomic E-state index is -0.280. The van der Waals surface area contributed by atoms with Gasteiger partial charge in [-0.05, 0) is 69.8 Å². The van der Waals surface area contributed by atoms with Gasteiger partial charge in [0.1, 0.15) is 5.82 Å². The predicted octanol–water partition coefficient (Wildman–Crippen LogP) is 4.17. The van der Waals surface area contributed by atoms with Crippen LogP contribution >= 0.6 is 0 Å². The lowest BCUT2D eigenvalue weighted by Gasteiger charge is -2.25. The molecule has 1 unspecified atom stereocenters. The van der Waals surface area contributed by atoms with Crippen LogP contribution in [0.4, 0.5) is 4.39 Å². The number of carbonyl (C=O) groups excluding carboxylic acids is 1. The minimum absolute atomic E-state index is 0.0953. The molecule has 4 aromatic rings. The molecule has 0 spiro atoms. The van der Waals surface area contributed by atoms with E-state index in [0.717, 1.165) is 35.2 Å². The lowest BCUT2D eigenvalue weighted by atomic mass is 10.0. The van der Waals surface area contributed by atoms with Gasteiger partial charge < -0.3 is 10.2 Å². The van der Waals surface area contributed by atoms with Gasteiger partial charge >= 0.3 is 0 Å². The number of rotatable bonds is 7. The van der Waals surface area contributed by atoms with Gasteiger partial charge in [-0.1, -0.05) is 18.2 Å². The Balaban J connectivity index is 1.50. The minimum Gasteiger partial charge on any atom is -0.350 e. The fourth-order valence-corrected chi connectivity index (χ4v) is 4.28. The lowest BCUT2D eigenvalue weighted by molar-refractivity contribution is 0.0943. The van der Waals surface area contributed by atoms with Crippen LogP contribution in [-0.4, -0.2) is 51.2 Å². The van der Waals surface area contributed by atoms with Gasteiger partial charge in [-0.2, -0.15) is 9.78 Å². The molecule has 1 fully saturated rings. The van der Waals surface area contributed by atoms with Crippen molar-refractivity contribution in [2.45, 2.75) is 31.7 Å². The molecule has 1 aliphatic carbocycles. The summed E-state index contributed by atoms with van der Waals surface area (Å²) in [6, 6.07) is 13.8. The SMILES string of the molecule is Cc1nn(-c2ccccn2)c2nc(C3CC3)cc(C(=O)NCC(c3ccc(F)cc3)N(C)C)c12. The number of carbonyl (C=O) groups is 1. The van der Waals surface area contributed by atoms with Gasteiger partial charge in [0.25, 0.3) is 5.91 Å². The average molecular weight is 459 g/mol. The van der Waals surface area contributed by atoms with E-state index in [9.17, 15) is 9.18 Å². The second kappa shape index (κ2) is 8.95. The Morgan fingerprint density at radius 1 is 1.21 bits per heavy atom. The van der Waals surface area contributed by atoms with Gasteiger partial charge in [0.05, 0.1) is 22.7 Å². The highest BCUT2D eigenvalue weighted by Gasteiger charge is 2.29. The molecule has 8 heteroatoms. The maximum absolute atomic E-state index is 13.5. The summed E-state index contributed by atoms with van der Waals surface area (Å²) in [4.78, 5) is 24.8. The molecule has 1 amide bonds. The molecule has 34 heavy (non-hydrogen) atoms. The number of hydrogen-bond donors (Lipinski definition) is 1. The molecule has 1 saturated carbocycles. The van der Waals surface area contributed by atoms with Crippen LogP contribution in [0.2, 0.25) is 0 Å². The first-order chi connectivity index (χ1) is 16.4. The van der Waals surface area contributed by atoms with Crippen LogP contribution in [0.3, 0.4) is 0 Å². The standard InChI is InChI=1S/C26H27FN6O/c1-16-24-20(26(34)29-15-22(32(2)3)18-9-11-19(27)12-10-18)14-21(17-7-8-17)30-25(24)33(31-16)23-6-4-5-13-28-23/h4-6,9-14,17,22H,7-8,15H2,1-3H3,(H,29,34). The number of nitrogens with one attached hydrogen (secondary N) is 1. The molecule has 1 aromatic carbocycles. The van der Waals surface area contributed by atoms with Gasteiger partial charge in [0, 0.05) is 24.4 Å². The van der Waals surface area contributed by atoms with E-state index in [-0.39, 0.29) is 17.8 Å². The second-order valence-corrected chi connectivity index (χ2v) is 8.99. The van der Waals surface area contributed by atoms with Crippen LogP contribution in [0.25, 0.3) is 16.9 Å². The second-order valence-electron chi connectivity index (χ2n) is 8.99. The maximum Gasteiger partial charge on any atom is 0.252 e. The fourth-order valence-electron chi connectivity index (χ4n) is 4.28. The maximum atomic E-state index is 13.5. The average Bonchev–Trinajstić information content (AvgIpc) is 3.63. The summed E-state index contributed by atoms with van der Waals surface area (Å²) in [5, 5.41) is 8.50. The number of aromatic nitrogens is 4. The number of likely N-dealkylation sites (N-methyl/N-ethyl adjacent to an activating group) is 1. The van der Waals surface area contributed by atoms with E-state index >= 15 is 0 Å². The van der Waals surface area contributed by atoms with Crippen LogP contribution in [0, 0.1) is 12.7 Å². The van der Waals surface area contributed by atoms with Crippen LogP contribution in [0.15, 0.2) is 54.7 Å². The Hall–Kier alpha value is -3.65. The number of fused-ring (bicyclic) bond motifs is 1. The molecule has 0 saturated heterocycles. The Kier molecular flexibility index (Phi) is 5.83. The molecule has 0 bridgehead atoms. The predicted molar refractivity (Wildman–Crippen MR) is 129 cm³/mol. The number of pyridine rings is 2. The van der Waals surface area contributed by atoms with E-state index in [0.29, 0.717) is 29.5 Å². The summed E-state index contributed by atoms with van der Waals surface area (Å²) < 4.78 is 15.1. The van der Waals surface area contributed by atoms with Crippen molar-refractivity contribution in [1.82, 2.24) is 30.0 Å². The molecule has 0 radical (unpaired) electrons. The van der Waals surface area contributed by atoms with Crippen molar-refractivity contribution in [3.05, 3.63) is 83.1 Å². The summed E-state index contributed by atoms with van der Waals surface area (Å²) in [5.41, 5.74) is 3.79. The van der Waals surface area contributed by atoms with E-state index in [1.807, 2.05) is 50.2 Å². The van der Waals surface area contributed by atoms with E-state index in [1.165, 1.54) is 12.1 Å². The molecule has 174 valence electrons. The third-order valence-electron chi connectivity index (χ3n) is 6.27. The first kappa shape index (κ1) is 22.2. The first-order valence-corrected chi connectivity index (χ1v) is 11.4. The molecule has 1 atom stereocenters. The summed E-state index contributed by atoms with van der Waals surface area (Å²) in [6.45, 7) is 2.27. The number of nitrogens with zero attached hydrogens (tertiary/aromatic N) is 5. The lowest BCUT2D eigenvalue weighted by Crippen LogP contribution is -2.34. The quantitative estimate of drug-likeness (QED) is 0.450. The Morgan fingerprint density at radius 3 is 2.62 bits per heavy atom. The highest BCUT2D eigenvalue weighted by atomic mass is 19.1. The molecule has 5 rings (SSSR count). The van der Waals surface area contributed by atoms with Crippen molar-refractivity contribution in [1.29, 1.82) is 0 Å². The summed E-state index contributed by atoms with van der Waals surface area (Å²) in [5.74, 6) is 0.581. The number of halogens is 1. The molecule has 1 N–H and O–H groups in total. The van der Waals surface area contributed by atoms with Gasteiger partial charge in [0.15, 0.2) is 11.5 Å². The fraction of sp³-hybridized carbons (Fsp3) is 0.308. The molecule has 3 heterocycles. The van der Waals surface area contributed by atoms with E-state index < -0.39 is 0 Å². The zero-order valence-corrected chi connectivity index (χ0v) is 19.5. The van der Waals surface area contributed by atoms with Crippen molar-refractivity contribution in [3.63, 3.8) is 0 Å². The molecule has 0 aliphatic heterocycles. The molecule has 1 aliphatic rings. The Labute approximate surface area is 197 Å². The van der Waals surface area contributed by atoms with Crippen LogP contribution in [-0.2, 0) is 0 Å². The third-order valence-corrected chi connectivity index (χ3v) is 6.27. The zero-order valence-electron chi connectivity index (χ0n) is 19.5. The van der Waals surface area contributed by atoms with Gasteiger partial charge in [-0.25, -0.2) is 14.4 Å². The molecule has 3 aromatic heterocycles. The third kappa shape index (κ3) is 4.28. The number of hydrogen-bond acceptors (Lipinski definition) is 5. The zero-order chi connectivity index (χ0) is 23.8. The van der Waals surface area contributed by atoms with E-state index in [1.54, 1.807) is 23.0 Å². The highest BCUT2D eigenvalue weighted by Crippen LogP contribution is 2.40. The van der Waals surface area contributed by atoms with Gasteiger partial charge in [0.2, 0.25) is 0 Å². The van der Waals surface area contributed by atoms with Gasteiger partial charge in [-0.3, -0.25) is 4.79 Å².